The summed E-state index contributed by atoms with van der Waals surface area (Å²) in [6, 6.07) is 2.96. The third-order valence-corrected chi connectivity index (χ3v) is 2.89. The van der Waals surface area contributed by atoms with E-state index in [2.05, 4.69) is 15.5 Å². The van der Waals surface area contributed by atoms with Gasteiger partial charge in [-0.2, -0.15) is 9.49 Å². The van der Waals surface area contributed by atoms with Crippen molar-refractivity contribution in [3.8, 4) is 0 Å². The minimum absolute atomic E-state index is 0.0202. The van der Waals surface area contributed by atoms with Gasteiger partial charge in [-0.3, -0.25) is 20.0 Å². The molecule has 7 nitrogen and oxygen atoms in total. The van der Waals surface area contributed by atoms with Crippen LogP contribution in [0.15, 0.2) is 18.2 Å². The summed E-state index contributed by atoms with van der Waals surface area (Å²) in [6.07, 6.45) is 0. The lowest BCUT2D eigenvalue weighted by Gasteiger charge is -2.03. The first-order valence-corrected chi connectivity index (χ1v) is 5.67. The Hall–Kier alpha value is -2.77. The fraction of sp³-hybridized carbons (Fsp3) is 0.167. The van der Waals surface area contributed by atoms with Crippen LogP contribution in [0.25, 0.3) is 0 Å². The van der Waals surface area contributed by atoms with E-state index in [1.165, 1.54) is 6.07 Å². The van der Waals surface area contributed by atoms with Gasteiger partial charge in [-0.1, -0.05) is 0 Å². The lowest BCUT2D eigenvalue weighted by Crippen LogP contribution is -2.13. The first-order chi connectivity index (χ1) is 9.40. The molecule has 0 saturated heterocycles. The molecule has 0 atom stereocenters. The van der Waals surface area contributed by atoms with Crippen molar-refractivity contribution in [2.24, 2.45) is 0 Å². The highest BCUT2D eigenvalue weighted by Gasteiger charge is 2.17. The van der Waals surface area contributed by atoms with Crippen LogP contribution in [-0.2, 0) is 0 Å². The smallest absolute Gasteiger partial charge is 0.304 e. The van der Waals surface area contributed by atoms with Gasteiger partial charge >= 0.3 is 5.69 Å². The number of aromatic amines is 1. The van der Waals surface area contributed by atoms with Crippen LogP contribution in [0.2, 0.25) is 0 Å². The van der Waals surface area contributed by atoms with Crippen LogP contribution in [0.3, 0.4) is 0 Å². The summed E-state index contributed by atoms with van der Waals surface area (Å²) in [5, 5.41) is 19.6. The third-order valence-electron chi connectivity index (χ3n) is 2.89. The van der Waals surface area contributed by atoms with Crippen molar-refractivity contribution in [2.75, 3.05) is 5.32 Å². The molecule has 8 heteroatoms. The van der Waals surface area contributed by atoms with Crippen molar-refractivity contribution >= 4 is 17.4 Å². The second-order valence-corrected chi connectivity index (χ2v) is 4.20. The number of anilines is 1. The number of hydrogen-bond acceptors (Lipinski definition) is 4. The average molecular weight is 278 g/mol. The molecule has 2 rings (SSSR count). The van der Waals surface area contributed by atoms with E-state index >= 15 is 0 Å². The monoisotopic (exact) mass is 278 g/mol. The van der Waals surface area contributed by atoms with Crippen molar-refractivity contribution < 1.29 is 14.1 Å². The van der Waals surface area contributed by atoms with E-state index in [9.17, 15) is 19.3 Å². The number of amides is 1. The topological polar surface area (TPSA) is 101 Å². The molecule has 1 aromatic heterocycles. The number of aromatic nitrogens is 2. The Morgan fingerprint density at radius 2 is 2.15 bits per heavy atom. The van der Waals surface area contributed by atoms with E-state index in [0.29, 0.717) is 5.82 Å². The highest BCUT2D eigenvalue weighted by atomic mass is 19.1. The Morgan fingerprint density at radius 1 is 1.45 bits per heavy atom. The molecule has 1 aromatic carbocycles. The third kappa shape index (κ3) is 2.48. The number of carbonyl (C=O) groups is 1. The molecule has 0 bridgehead atoms. The molecule has 0 unspecified atom stereocenters. The van der Waals surface area contributed by atoms with Gasteiger partial charge in [0.25, 0.3) is 5.91 Å². The van der Waals surface area contributed by atoms with Crippen LogP contribution >= 0.6 is 0 Å². The molecule has 0 aliphatic carbocycles. The quantitative estimate of drug-likeness (QED) is 0.664. The minimum Gasteiger partial charge on any atom is -0.305 e. The molecule has 0 aliphatic heterocycles. The van der Waals surface area contributed by atoms with Gasteiger partial charge in [0.1, 0.15) is 0 Å². The number of H-pyrrole nitrogens is 1. The van der Waals surface area contributed by atoms with Gasteiger partial charge in [0.05, 0.1) is 4.92 Å². The number of benzene rings is 1. The molecule has 0 spiro atoms. The number of nitrogens with zero attached hydrogens (tertiary/aromatic N) is 2. The average Bonchev–Trinajstić information content (AvgIpc) is 2.70. The van der Waals surface area contributed by atoms with E-state index in [1.807, 2.05) is 0 Å². The number of nitro groups is 1. The number of aryl methyl sites for hydroxylation is 1. The van der Waals surface area contributed by atoms with Gasteiger partial charge in [-0.05, 0) is 26.0 Å². The summed E-state index contributed by atoms with van der Waals surface area (Å²) >= 11 is 0. The first-order valence-electron chi connectivity index (χ1n) is 5.67. The number of nitrogens with one attached hydrogen (secondary N) is 2. The second-order valence-electron chi connectivity index (χ2n) is 4.20. The second kappa shape index (κ2) is 5.08. The number of hydrogen-bond donors (Lipinski definition) is 2. The van der Waals surface area contributed by atoms with Gasteiger partial charge in [0.15, 0.2) is 5.82 Å². The van der Waals surface area contributed by atoms with Crippen LogP contribution in [0.4, 0.5) is 15.9 Å². The summed E-state index contributed by atoms with van der Waals surface area (Å²) in [7, 11) is 0. The molecule has 1 amide bonds. The Balaban J connectivity index is 2.24. The molecule has 0 fully saturated rings. The summed E-state index contributed by atoms with van der Waals surface area (Å²) in [6.45, 7) is 3.56. The maximum atomic E-state index is 13.4. The number of halogens is 1. The lowest BCUT2D eigenvalue weighted by molar-refractivity contribution is -0.387. The number of carbonyl (C=O) groups excluding carboxylic acids is 1. The maximum absolute atomic E-state index is 13.4. The maximum Gasteiger partial charge on any atom is 0.304 e. The zero-order valence-electron chi connectivity index (χ0n) is 10.7. The van der Waals surface area contributed by atoms with Crippen molar-refractivity contribution in [3.63, 3.8) is 0 Å². The lowest BCUT2D eigenvalue weighted by atomic mass is 10.2. The van der Waals surface area contributed by atoms with Gasteiger partial charge < -0.3 is 5.32 Å². The summed E-state index contributed by atoms with van der Waals surface area (Å²) in [5.74, 6) is -1.31. The fourth-order valence-electron chi connectivity index (χ4n) is 1.58. The molecule has 1 heterocycles. The van der Waals surface area contributed by atoms with Crippen molar-refractivity contribution in [1.29, 1.82) is 0 Å². The molecular formula is C12H11FN4O3. The van der Waals surface area contributed by atoms with Gasteiger partial charge in [0.2, 0.25) is 5.82 Å². The molecule has 0 radical (unpaired) electrons. The highest BCUT2D eigenvalue weighted by molar-refractivity contribution is 6.04. The largest absolute Gasteiger partial charge is 0.305 e. The summed E-state index contributed by atoms with van der Waals surface area (Å²) in [4.78, 5) is 21.6. The van der Waals surface area contributed by atoms with Crippen LogP contribution < -0.4 is 5.32 Å². The van der Waals surface area contributed by atoms with Crippen LogP contribution in [0, 0.1) is 29.8 Å². The zero-order valence-corrected chi connectivity index (χ0v) is 10.7. The summed E-state index contributed by atoms with van der Waals surface area (Å²) < 4.78 is 13.4. The van der Waals surface area contributed by atoms with Crippen molar-refractivity contribution in [1.82, 2.24) is 10.2 Å². The van der Waals surface area contributed by atoms with Crippen molar-refractivity contribution in [3.05, 3.63) is 51.0 Å². The van der Waals surface area contributed by atoms with Gasteiger partial charge in [-0.15, -0.1) is 0 Å². The SMILES string of the molecule is Cc1[nH]nc(NC(=O)c2ccc([N+](=O)[O-])c(F)c2)c1C. The Kier molecular flexibility index (Phi) is 3.47. The minimum atomic E-state index is -1.06. The molecule has 104 valence electrons. The Bertz CT molecular complexity index is 696. The number of nitro benzene ring substituents is 1. The fourth-order valence-corrected chi connectivity index (χ4v) is 1.58. The van der Waals surface area contributed by atoms with Crippen LogP contribution in [-0.4, -0.2) is 21.0 Å². The molecule has 2 N–H and O–H groups in total. The van der Waals surface area contributed by atoms with E-state index in [-0.39, 0.29) is 5.56 Å². The van der Waals surface area contributed by atoms with E-state index in [0.717, 1.165) is 23.4 Å². The van der Waals surface area contributed by atoms with Crippen LogP contribution in [0.5, 0.6) is 0 Å². The van der Waals surface area contributed by atoms with Crippen LogP contribution in [0.1, 0.15) is 21.6 Å². The summed E-state index contributed by atoms with van der Waals surface area (Å²) in [5.41, 5.74) is 0.873. The zero-order chi connectivity index (χ0) is 14.9. The molecule has 20 heavy (non-hydrogen) atoms. The molecule has 2 aromatic rings. The Morgan fingerprint density at radius 3 is 2.65 bits per heavy atom. The highest BCUT2D eigenvalue weighted by Crippen LogP contribution is 2.19. The van der Waals surface area contributed by atoms with E-state index in [1.54, 1.807) is 13.8 Å². The van der Waals surface area contributed by atoms with Gasteiger partial charge in [0, 0.05) is 22.9 Å². The van der Waals surface area contributed by atoms with Gasteiger partial charge in [-0.25, -0.2) is 0 Å². The van der Waals surface area contributed by atoms with E-state index < -0.39 is 22.3 Å². The normalized spacial score (nSPS) is 10.3. The predicted octanol–water partition coefficient (Wildman–Crippen LogP) is 2.33. The van der Waals surface area contributed by atoms with E-state index in [4.69, 9.17) is 0 Å². The van der Waals surface area contributed by atoms with Crippen molar-refractivity contribution in [2.45, 2.75) is 13.8 Å². The molecule has 0 aliphatic rings. The Labute approximate surface area is 113 Å². The molecule has 0 saturated carbocycles. The number of rotatable bonds is 3. The predicted molar refractivity (Wildman–Crippen MR) is 69.1 cm³/mol. The first kappa shape index (κ1) is 13.7. The standard InChI is InChI=1S/C12H11FN4O3/c1-6-7(2)15-16-11(6)14-12(18)8-3-4-10(17(19)20)9(13)5-8/h3-5H,1-2H3,(H2,14,15,16,18). The molecular weight excluding hydrogens is 267 g/mol.